The van der Waals surface area contributed by atoms with Gasteiger partial charge in [0, 0.05) is 44.3 Å². The summed E-state index contributed by atoms with van der Waals surface area (Å²) in [5, 5.41) is 25.6. The zero-order valence-corrected chi connectivity index (χ0v) is 25.0. The Morgan fingerprint density at radius 3 is 2.58 bits per heavy atom. The maximum atomic E-state index is 10.7. The van der Waals surface area contributed by atoms with Crippen molar-refractivity contribution in [3.05, 3.63) is 42.0 Å². The number of allylic oxidation sites excluding steroid dienone is 1. The fourth-order valence-electron chi connectivity index (χ4n) is 9.79. The molecule has 2 N–H and O–H groups in total. The van der Waals surface area contributed by atoms with Gasteiger partial charge in [-0.1, -0.05) is 48.9 Å². The molecule has 0 radical (unpaired) electrons. The van der Waals surface area contributed by atoms with Crippen molar-refractivity contribution in [3.8, 4) is 0 Å². The predicted octanol–water partition coefficient (Wildman–Crippen LogP) is 5.50. The number of oxime groups is 1. The molecule has 40 heavy (non-hydrogen) atoms. The van der Waals surface area contributed by atoms with Crippen LogP contribution in [0.3, 0.4) is 0 Å². The normalized spacial score (nSPS) is 39.1. The number of hydrogen-bond donors (Lipinski definition) is 2. The topological polar surface area (TPSA) is 68.5 Å². The Morgan fingerprint density at radius 2 is 1.80 bits per heavy atom. The van der Waals surface area contributed by atoms with E-state index < -0.39 is 6.10 Å². The number of anilines is 1. The monoisotopic (exact) mass is 549 g/mol. The number of rotatable bonds is 7. The van der Waals surface area contributed by atoms with Crippen LogP contribution in [0.1, 0.15) is 72.1 Å². The molecule has 0 bridgehead atoms. The highest BCUT2D eigenvalue weighted by Gasteiger charge is 2.59. The lowest BCUT2D eigenvalue weighted by atomic mass is 9.47. The molecular formula is C34H51N3O3. The van der Waals surface area contributed by atoms with E-state index in [1.165, 1.54) is 37.8 Å². The molecule has 0 spiro atoms. The van der Waals surface area contributed by atoms with E-state index in [9.17, 15) is 10.2 Å². The number of benzene rings is 1. The summed E-state index contributed by atoms with van der Waals surface area (Å²) >= 11 is 0. The summed E-state index contributed by atoms with van der Waals surface area (Å²) < 4.78 is 0. The van der Waals surface area contributed by atoms with Gasteiger partial charge in [0.15, 0.2) is 0 Å². The summed E-state index contributed by atoms with van der Waals surface area (Å²) in [5.74, 6) is 2.72. The SMILES string of the molecule is C/C(=N/OCC(O)CN1CCN(c2ccccc2)CC1)C1CCC2C3CC=C4CC(O)CCC4(C)C3CCC12C. The van der Waals surface area contributed by atoms with Crippen LogP contribution < -0.4 is 4.90 Å². The van der Waals surface area contributed by atoms with E-state index in [1.54, 1.807) is 5.57 Å². The summed E-state index contributed by atoms with van der Waals surface area (Å²) in [6, 6.07) is 10.6. The zero-order chi connectivity index (χ0) is 27.9. The van der Waals surface area contributed by atoms with E-state index >= 15 is 0 Å². The second-order valence-electron chi connectivity index (χ2n) is 14.1. The highest BCUT2D eigenvalue weighted by atomic mass is 16.6. The Morgan fingerprint density at radius 1 is 1.02 bits per heavy atom. The first-order chi connectivity index (χ1) is 19.3. The van der Waals surface area contributed by atoms with Crippen LogP contribution >= 0.6 is 0 Å². The first kappa shape index (κ1) is 28.2. The zero-order valence-electron chi connectivity index (χ0n) is 25.0. The number of hydrogen-bond acceptors (Lipinski definition) is 6. The average molecular weight is 550 g/mol. The average Bonchev–Trinajstić information content (AvgIpc) is 3.31. The van der Waals surface area contributed by atoms with E-state index in [0.29, 0.717) is 12.5 Å². The minimum Gasteiger partial charge on any atom is -0.393 e. The van der Waals surface area contributed by atoms with Crippen molar-refractivity contribution >= 4 is 11.4 Å². The van der Waals surface area contributed by atoms with Gasteiger partial charge < -0.3 is 20.0 Å². The van der Waals surface area contributed by atoms with Crippen molar-refractivity contribution in [1.29, 1.82) is 0 Å². The van der Waals surface area contributed by atoms with Crippen LogP contribution in [-0.4, -0.2) is 72.4 Å². The number of aliphatic hydroxyl groups excluding tert-OH is 2. The Balaban J connectivity index is 1.00. The third-order valence-electron chi connectivity index (χ3n) is 12.0. The predicted molar refractivity (Wildman–Crippen MR) is 161 cm³/mol. The van der Waals surface area contributed by atoms with Gasteiger partial charge in [-0.3, -0.25) is 4.90 Å². The third-order valence-corrected chi connectivity index (χ3v) is 12.0. The van der Waals surface area contributed by atoms with Crippen molar-refractivity contribution in [3.63, 3.8) is 0 Å². The Labute approximate surface area is 241 Å². The first-order valence-corrected chi connectivity index (χ1v) is 16.0. The molecule has 0 amide bonds. The van der Waals surface area contributed by atoms with Crippen molar-refractivity contribution in [1.82, 2.24) is 4.90 Å². The second kappa shape index (κ2) is 11.4. The molecule has 8 atom stereocenters. The van der Waals surface area contributed by atoms with Gasteiger partial charge in [0.1, 0.15) is 12.7 Å². The van der Waals surface area contributed by atoms with Crippen molar-refractivity contribution in [2.75, 3.05) is 44.2 Å². The fraction of sp³-hybridized carbons (Fsp3) is 0.735. The van der Waals surface area contributed by atoms with Crippen LogP contribution in [0.2, 0.25) is 0 Å². The summed E-state index contributed by atoms with van der Waals surface area (Å²) in [5.41, 5.74) is 4.52. The van der Waals surface area contributed by atoms with Crippen molar-refractivity contribution in [2.45, 2.75) is 84.3 Å². The first-order valence-electron chi connectivity index (χ1n) is 16.0. The van der Waals surface area contributed by atoms with Gasteiger partial charge in [-0.15, -0.1) is 0 Å². The largest absolute Gasteiger partial charge is 0.393 e. The molecule has 6 rings (SSSR count). The molecule has 4 aliphatic carbocycles. The van der Waals surface area contributed by atoms with E-state index in [2.05, 4.69) is 72.1 Å². The number of piperazine rings is 1. The summed E-state index contributed by atoms with van der Waals surface area (Å²) in [7, 11) is 0. The van der Waals surface area contributed by atoms with E-state index in [-0.39, 0.29) is 23.5 Å². The van der Waals surface area contributed by atoms with Crippen molar-refractivity contribution in [2.24, 2.45) is 39.7 Å². The molecule has 0 aromatic heterocycles. The number of β-amino-alcohol motifs (C(OH)–C–C–N with tert-alkyl or cyclic N) is 1. The lowest BCUT2D eigenvalue weighted by Crippen LogP contribution is -2.50. The van der Waals surface area contributed by atoms with Crippen LogP contribution in [0.4, 0.5) is 5.69 Å². The molecule has 1 heterocycles. The number of fused-ring (bicyclic) bond motifs is 5. The third kappa shape index (κ3) is 5.25. The Kier molecular flexibility index (Phi) is 8.06. The minimum absolute atomic E-state index is 0.136. The molecule has 5 aliphatic rings. The van der Waals surface area contributed by atoms with Crippen LogP contribution in [0.5, 0.6) is 0 Å². The van der Waals surface area contributed by atoms with Gasteiger partial charge in [-0.25, -0.2) is 0 Å². The van der Waals surface area contributed by atoms with Crippen LogP contribution in [-0.2, 0) is 4.84 Å². The maximum Gasteiger partial charge on any atom is 0.144 e. The molecule has 8 unspecified atom stereocenters. The molecule has 1 saturated heterocycles. The smallest absolute Gasteiger partial charge is 0.144 e. The van der Waals surface area contributed by atoms with Crippen molar-refractivity contribution < 1.29 is 15.1 Å². The number of para-hydroxylation sites is 1. The molecule has 4 fully saturated rings. The molecule has 1 aromatic carbocycles. The summed E-state index contributed by atoms with van der Waals surface area (Å²) in [6.07, 6.45) is 11.1. The quantitative estimate of drug-likeness (QED) is 0.267. The van der Waals surface area contributed by atoms with E-state index in [0.717, 1.165) is 68.9 Å². The summed E-state index contributed by atoms with van der Waals surface area (Å²) in [6.45, 7) is 11.9. The maximum absolute atomic E-state index is 10.7. The summed E-state index contributed by atoms with van der Waals surface area (Å²) in [4.78, 5) is 10.5. The molecule has 1 aromatic rings. The highest BCUT2D eigenvalue weighted by Crippen LogP contribution is 2.66. The highest BCUT2D eigenvalue weighted by molar-refractivity contribution is 5.85. The minimum atomic E-state index is -0.528. The molecule has 3 saturated carbocycles. The van der Waals surface area contributed by atoms with Crippen LogP contribution in [0.15, 0.2) is 47.1 Å². The molecule has 6 nitrogen and oxygen atoms in total. The molecule has 6 heteroatoms. The van der Waals surface area contributed by atoms with E-state index in [4.69, 9.17) is 4.84 Å². The lowest BCUT2D eigenvalue weighted by molar-refractivity contribution is -0.0429. The molecular weight excluding hydrogens is 498 g/mol. The van der Waals surface area contributed by atoms with E-state index in [1.807, 2.05) is 0 Å². The molecule has 220 valence electrons. The number of nitrogens with zero attached hydrogens (tertiary/aromatic N) is 3. The lowest BCUT2D eigenvalue weighted by Gasteiger charge is -2.58. The van der Waals surface area contributed by atoms with Gasteiger partial charge >= 0.3 is 0 Å². The fourth-order valence-corrected chi connectivity index (χ4v) is 9.79. The molecule has 1 aliphatic heterocycles. The second-order valence-corrected chi connectivity index (χ2v) is 14.1. The van der Waals surface area contributed by atoms with Gasteiger partial charge in [0.05, 0.1) is 11.8 Å². The van der Waals surface area contributed by atoms with Gasteiger partial charge in [0.2, 0.25) is 0 Å². The standard InChI is InChI=1S/C34H51N3O3/c1-24(35-40-23-28(39)22-36-17-19-37(20-18-36)26-7-5-4-6-8-26)30-11-12-31-29-10-9-25-21-27(38)13-15-33(25,2)32(29)14-16-34(30,31)3/h4-9,27-32,38-39H,10-23H2,1-3H3/b35-24-. The van der Waals surface area contributed by atoms with Gasteiger partial charge in [-0.2, -0.15) is 0 Å². The Hall–Kier alpha value is -1.89. The van der Waals surface area contributed by atoms with Gasteiger partial charge in [-0.05, 0) is 99.0 Å². The number of aliphatic hydroxyl groups is 2. The Bertz CT molecular complexity index is 1080. The van der Waals surface area contributed by atoms with Gasteiger partial charge in [0.25, 0.3) is 0 Å². The van der Waals surface area contributed by atoms with Crippen LogP contribution in [0, 0.1) is 34.5 Å². The van der Waals surface area contributed by atoms with Crippen LogP contribution in [0.25, 0.3) is 0 Å².